The third-order valence-corrected chi connectivity index (χ3v) is 5.33. The van der Waals surface area contributed by atoms with Crippen LogP contribution >= 0.6 is 0 Å². The van der Waals surface area contributed by atoms with Crippen LogP contribution in [0.5, 0.6) is 0 Å². The van der Waals surface area contributed by atoms with E-state index in [9.17, 15) is 19.2 Å². The van der Waals surface area contributed by atoms with E-state index in [0.29, 0.717) is 0 Å². The number of carbonyl (C=O) groups is 4. The van der Waals surface area contributed by atoms with Crippen molar-refractivity contribution in [2.45, 2.75) is 37.8 Å². The number of hydrogen-bond acceptors (Lipinski definition) is 5. The fraction of sp³-hybridized carbons (Fsp3) is 0.304. The van der Waals surface area contributed by atoms with Crippen LogP contribution in [0.15, 0.2) is 48.5 Å². The van der Waals surface area contributed by atoms with Gasteiger partial charge in [-0.15, -0.1) is 0 Å². The van der Waals surface area contributed by atoms with Gasteiger partial charge in [-0.05, 0) is 35.6 Å². The lowest BCUT2D eigenvalue weighted by Gasteiger charge is -2.19. The molecule has 0 unspecified atom stereocenters. The van der Waals surface area contributed by atoms with Crippen molar-refractivity contribution in [3.63, 3.8) is 0 Å². The summed E-state index contributed by atoms with van der Waals surface area (Å²) >= 11 is 0. The van der Waals surface area contributed by atoms with Crippen LogP contribution in [0.25, 0.3) is 11.1 Å². The highest BCUT2D eigenvalue weighted by molar-refractivity contribution is 5.89. The average Bonchev–Trinajstić information content (AvgIpc) is 3.08. The molecule has 0 bridgehead atoms. The van der Waals surface area contributed by atoms with Crippen molar-refractivity contribution >= 4 is 23.9 Å². The number of alkyl carbamates (subject to hydrolysis) is 1. The van der Waals surface area contributed by atoms with Crippen molar-refractivity contribution in [2.75, 3.05) is 6.61 Å². The topological polar surface area (TPSA) is 142 Å². The van der Waals surface area contributed by atoms with Gasteiger partial charge >= 0.3 is 18.0 Å². The molecule has 0 saturated heterocycles. The number of aliphatic carboxylic acids is 2. The van der Waals surface area contributed by atoms with E-state index >= 15 is 0 Å². The molecule has 1 aliphatic carbocycles. The van der Waals surface area contributed by atoms with Gasteiger partial charge < -0.3 is 25.6 Å². The highest BCUT2D eigenvalue weighted by Gasteiger charge is 2.30. The van der Waals surface area contributed by atoms with Crippen LogP contribution in [0.3, 0.4) is 0 Å². The highest BCUT2D eigenvalue weighted by atomic mass is 16.5. The van der Waals surface area contributed by atoms with Crippen LogP contribution in [0.1, 0.15) is 36.8 Å². The normalized spacial score (nSPS) is 13.9. The first-order valence-corrected chi connectivity index (χ1v) is 10.1. The lowest BCUT2D eigenvalue weighted by Crippen LogP contribution is -2.50. The average molecular weight is 440 g/mol. The molecular weight excluding hydrogens is 416 g/mol. The molecule has 32 heavy (non-hydrogen) atoms. The van der Waals surface area contributed by atoms with Crippen LogP contribution in [0.2, 0.25) is 0 Å². The Bertz CT molecular complexity index is 991. The molecule has 9 nitrogen and oxygen atoms in total. The zero-order chi connectivity index (χ0) is 23.3. The molecule has 2 amide bonds. The van der Waals surface area contributed by atoms with Gasteiger partial charge in [0.1, 0.15) is 18.7 Å². The predicted octanol–water partition coefficient (Wildman–Crippen LogP) is 2.35. The molecular formula is C23H24N2O7. The minimum absolute atomic E-state index is 0.0740. The van der Waals surface area contributed by atoms with Crippen molar-refractivity contribution in [2.24, 2.45) is 0 Å². The molecule has 0 heterocycles. The van der Waals surface area contributed by atoms with E-state index in [4.69, 9.17) is 14.9 Å². The standard InChI is InChI=1S/C23H24N2O7/c1-13(21(28)25-19(22(29)30)10-11-20(26)27)24-23(31)32-12-18-16-8-4-2-6-14(16)15-7-3-5-9-17(15)18/h2-9,13,18-19H,10-12H2,1H3,(H,24,31)(H,25,28)(H,26,27)(H,29,30)/t13-,19+/m0/s1. The van der Waals surface area contributed by atoms with Crippen molar-refractivity contribution in [1.82, 2.24) is 10.6 Å². The van der Waals surface area contributed by atoms with E-state index in [-0.39, 0.29) is 18.9 Å². The monoisotopic (exact) mass is 440 g/mol. The molecule has 2 aromatic carbocycles. The van der Waals surface area contributed by atoms with Gasteiger partial charge in [-0.25, -0.2) is 9.59 Å². The van der Waals surface area contributed by atoms with Gasteiger partial charge in [-0.3, -0.25) is 9.59 Å². The maximum Gasteiger partial charge on any atom is 0.407 e. The van der Waals surface area contributed by atoms with Gasteiger partial charge in [0.15, 0.2) is 0 Å². The molecule has 0 fully saturated rings. The lowest BCUT2D eigenvalue weighted by molar-refractivity contribution is -0.143. The summed E-state index contributed by atoms with van der Waals surface area (Å²) in [5.74, 6) is -3.41. The van der Waals surface area contributed by atoms with Gasteiger partial charge in [0.05, 0.1) is 0 Å². The van der Waals surface area contributed by atoms with E-state index < -0.39 is 42.4 Å². The summed E-state index contributed by atoms with van der Waals surface area (Å²) in [4.78, 5) is 46.4. The Hall–Kier alpha value is -3.88. The second kappa shape index (κ2) is 9.95. The van der Waals surface area contributed by atoms with Crippen molar-refractivity contribution < 1.29 is 34.1 Å². The third kappa shape index (κ3) is 5.23. The van der Waals surface area contributed by atoms with Crippen LogP contribution in [-0.4, -0.2) is 52.8 Å². The molecule has 2 atom stereocenters. The van der Waals surface area contributed by atoms with E-state index in [2.05, 4.69) is 10.6 Å². The SMILES string of the molecule is C[C@H](NC(=O)OCC1c2ccccc2-c2ccccc21)C(=O)N[C@H](CCC(=O)O)C(=O)O. The number of hydrogen-bond donors (Lipinski definition) is 4. The molecule has 9 heteroatoms. The fourth-order valence-electron chi connectivity index (χ4n) is 3.70. The number of carbonyl (C=O) groups excluding carboxylic acids is 2. The van der Waals surface area contributed by atoms with Crippen molar-refractivity contribution in [1.29, 1.82) is 0 Å². The van der Waals surface area contributed by atoms with Crippen LogP contribution in [0, 0.1) is 0 Å². The van der Waals surface area contributed by atoms with Crippen molar-refractivity contribution in [3.8, 4) is 11.1 Å². The summed E-state index contributed by atoms with van der Waals surface area (Å²) in [5, 5.41) is 22.4. The van der Waals surface area contributed by atoms with Crippen LogP contribution in [0.4, 0.5) is 4.79 Å². The number of carboxylic acids is 2. The second-order valence-electron chi connectivity index (χ2n) is 7.52. The van der Waals surface area contributed by atoms with Gasteiger partial charge in [0.2, 0.25) is 5.91 Å². The van der Waals surface area contributed by atoms with Gasteiger partial charge in [-0.1, -0.05) is 48.5 Å². The first-order chi connectivity index (χ1) is 15.3. The van der Waals surface area contributed by atoms with E-state index in [1.54, 1.807) is 0 Å². The van der Waals surface area contributed by atoms with Crippen LogP contribution in [-0.2, 0) is 19.1 Å². The minimum atomic E-state index is -1.37. The highest BCUT2D eigenvalue weighted by Crippen LogP contribution is 2.44. The molecule has 3 rings (SSSR count). The maximum absolute atomic E-state index is 12.3. The first-order valence-electron chi connectivity index (χ1n) is 10.1. The first kappa shape index (κ1) is 22.8. The largest absolute Gasteiger partial charge is 0.481 e. The Kier molecular flexibility index (Phi) is 7.09. The zero-order valence-corrected chi connectivity index (χ0v) is 17.4. The Labute approximate surface area is 184 Å². The predicted molar refractivity (Wildman–Crippen MR) is 114 cm³/mol. The number of nitrogens with one attached hydrogen (secondary N) is 2. The lowest BCUT2D eigenvalue weighted by atomic mass is 9.98. The molecule has 0 aliphatic heterocycles. The number of ether oxygens (including phenoxy) is 1. The zero-order valence-electron chi connectivity index (χ0n) is 17.4. The molecule has 0 saturated carbocycles. The summed E-state index contributed by atoms with van der Waals surface area (Å²) < 4.78 is 5.37. The summed E-state index contributed by atoms with van der Waals surface area (Å²) in [6, 6.07) is 13.3. The second-order valence-corrected chi connectivity index (χ2v) is 7.52. The van der Waals surface area contributed by atoms with E-state index in [1.165, 1.54) is 6.92 Å². The Balaban J connectivity index is 1.56. The number of amides is 2. The van der Waals surface area contributed by atoms with Crippen molar-refractivity contribution in [3.05, 3.63) is 59.7 Å². The Morgan fingerprint density at radius 1 is 0.938 bits per heavy atom. The molecule has 2 aromatic rings. The van der Waals surface area contributed by atoms with E-state index in [0.717, 1.165) is 22.3 Å². The Morgan fingerprint density at radius 2 is 1.50 bits per heavy atom. The van der Waals surface area contributed by atoms with Gasteiger partial charge in [0.25, 0.3) is 0 Å². The van der Waals surface area contributed by atoms with Gasteiger partial charge in [-0.2, -0.15) is 0 Å². The number of fused-ring (bicyclic) bond motifs is 3. The maximum atomic E-state index is 12.3. The smallest absolute Gasteiger partial charge is 0.407 e. The number of carboxylic acid groups (broad SMARTS) is 2. The third-order valence-electron chi connectivity index (χ3n) is 5.33. The molecule has 0 radical (unpaired) electrons. The van der Waals surface area contributed by atoms with E-state index in [1.807, 2.05) is 48.5 Å². The minimum Gasteiger partial charge on any atom is -0.481 e. The van der Waals surface area contributed by atoms with Crippen LogP contribution < -0.4 is 10.6 Å². The molecule has 0 spiro atoms. The number of benzene rings is 2. The summed E-state index contributed by atoms with van der Waals surface area (Å²) in [6.07, 6.45) is -1.49. The van der Waals surface area contributed by atoms with Gasteiger partial charge in [0, 0.05) is 12.3 Å². The Morgan fingerprint density at radius 3 is 2.03 bits per heavy atom. The quantitative estimate of drug-likeness (QED) is 0.469. The number of rotatable bonds is 9. The molecule has 4 N–H and O–H groups in total. The fourth-order valence-corrected chi connectivity index (χ4v) is 3.70. The molecule has 0 aromatic heterocycles. The summed E-state index contributed by atoms with van der Waals surface area (Å²) in [6.45, 7) is 1.46. The summed E-state index contributed by atoms with van der Waals surface area (Å²) in [5.41, 5.74) is 4.28. The molecule has 168 valence electrons. The molecule has 1 aliphatic rings. The summed E-state index contributed by atoms with van der Waals surface area (Å²) in [7, 11) is 0.